The van der Waals surface area contributed by atoms with Gasteiger partial charge in [0.1, 0.15) is 17.2 Å². The zero-order chi connectivity index (χ0) is 13.9. The third kappa shape index (κ3) is 2.34. The predicted molar refractivity (Wildman–Crippen MR) is 82.0 cm³/mol. The van der Waals surface area contributed by atoms with Crippen LogP contribution in [0.15, 0.2) is 41.7 Å². The van der Waals surface area contributed by atoms with Gasteiger partial charge < -0.3 is 4.90 Å². The zero-order valence-corrected chi connectivity index (χ0v) is 12.2. The van der Waals surface area contributed by atoms with Crippen LogP contribution >= 0.6 is 11.8 Å². The standard InChI is InChI=1S/C14H15N5S/c1-19(8-10-6-4-3-5-7-10)13-11-12(15-9-16-13)17-18-14(11)20-2/h3-7,9H,8H2,1-2H3,(H,15,16,17,18). The van der Waals surface area contributed by atoms with E-state index in [-0.39, 0.29) is 0 Å². The second-order valence-electron chi connectivity index (χ2n) is 4.50. The van der Waals surface area contributed by atoms with Gasteiger partial charge in [-0.25, -0.2) is 9.97 Å². The van der Waals surface area contributed by atoms with Crippen LogP contribution in [-0.2, 0) is 6.54 Å². The van der Waals surface area contributed by atoms with Crippen LogP contribution in [0, 0.1) is 0 Å². The number of H-pyrrole nitrogens is 1. The van der Waals surface area contributed by atoms with E-state index in [2.05, 4.69) is 37.2 Å². The number of aromatic amines is 1. The molecule has 102 valence electrons. The first-order valence-corrected chi connectivity index (χ1v) is 7.50. The molecule has 0 saturated carbocycles. The summed E-state index contributed by atoms with van der Waals surface area (Å²) in [6.07, 6.45) is 3.57. The zero-order valence-electron chi connectivity index (χ0n) is 11.4. The number of anilines is 1. The Kier molecular flexibility index (Phi) is 3.56. The maximum atomic E-state index is 4.43. The summed E-state index contributed by atoms with van der Waals surface area (Å²) < 4.78 is 0. The number of aromatic nitrogens is 4. The lowest BCUT2D eigenvalue weighted by Gasteiger charge is -2.18. The van der Waals surface area contributed by atoms with E-state index in [0.717, 1.165) is 28.4 Å². The minimum absolute atomic E-state index is 0.777. The number of benzene rings is 1. The molecule has 0 radical (unpaired) electrons. The van der Waals surface area contributed by atoms with Gasteiger partial charge in [0.25, 0.3) is 0 Å². The van der Waals surface area contributed by atoms with Gasteiger partial charge in [0.05, 0.1) is 5.39 Å². The fourth-order valence-corrected chi connectivity index (χ4v) is 2.72. The van der Waals surface area contributed by atoms with Crippen molar-refractivity contribution in [2.75, 3.05) is 18.2 Å². The molecule has 0 atom stereocenters. The van der Waals surface area contributed by atoms with Crippen molar-refractivity contribution in [3.63, 3.8) is 0 Å². The third-order valence-electron chi connectivity index (χ3n) is 3.12. The first-order chi connectivity index (χ1) is 9.79. The summed E-state index contributed by atoms with van der Waals surface area (Å²) in [6, 6.07) is 10.3. The van der Waals surface area contributed by atoms with Crippen LogP contribution in [0.5, 0.6) is 0 Å². The summed E-state index contributed by atoms with van der Waals surface area (Å²) in [4.78, 5) is 10.8. The van der Waals surface area contributed by atoms with E-state index >= 15 is 0 Å². The van der Waals surface area contributed by atoms with Gasteiger partial charge in [0.15, 0.2) is 5.65 Å². The van der Waals surface area contributed by atoms with Gasteiger partial charge in [-0.3, -0.25) is 5.10 Å². The first kappa shape index (κ1) is 12.9. The molecular weight excluding hydrogens is 270 g/mol. The van der Waals surface area contributed by atoms with Crippen LogP contribution in [-0.4, -0.2) is 33.5 Å². The minimum atomic E-state index is 0.777. The Morgan fingerprint density at radius 2 is 2.00 bits per heavy atom. The third-order valence-corrected chi connectivity index (χ3v) is 3.80. The highest BCUT2D eigenvalue weighted by Gasteiger charge is 2.15. The second-order valence-corrected chi connectivity index (χ2v) is 5.29. The number of hydrogen-bond acceptors (Lipinski definition) is 5. The molecule has 0 saturated heterocycles. The first-order valence-electron chi connectivity index (χ1n) is 6.27. The molecule has 0 fully saturated rings. The molecule has 3 rings (SSSR count). The van der Waals surface area contributed by atoms with Gasteiger partial charge in [0, 0.05) is 13.6 Å². The summed E-state index contributed by atoms with van der Waals surface area (Å²) in [5, 5.41) is 9.13. The van der Waals surface area contributed by atoms with Gasteiger partial charge in [-0.05, 0) is 11.8 Å². The average molecular weight is 285 g/mol. The van der Waals surface area contributed by atoms with E-state index < -0.39 is 0 Å². The smallest absolute Gasteiger partial charge is 0.161 e. The average Bonchev–Trinajstić information content (AvgIpc) is 2.91. The van der Waals surface area contributed by atoms with Crippen molar-refractivity contribution in [1.82, 2.24) is 20.2 Å². The maximum Gasteiger partial charge on any atom is 0.161 e. The fourth-order valence-electron chi connectivity index (χ4n) is 2.19. The number of nitrogens with one attached hydrogen (secondary N) is 1. The summed E-state index contributed by atoms with van der Waals surface area (Å²) >= 11 is 1.59. The van der Waals surface area contributed by atoms with Crippen molar-refractivity contribution in [2.45, 2.75) is 11.6 Å². The van der Waals surface area contributed by atoms with E-state index in [0.29, 0.717) is 0 Å². The molecular formula is C14H15N5S. The molecule has 0 unspecified atom stereocenters. The quantitative estimate of drug-likeness (QED) is 0.747. The van der Waals surface area contributed by atoms with Gasteiger partial charge in [-0.1, -0.05) is 30.3 Å². The van der Waals surface area contributed by atoms with E-state index in [4.69, 9.17) is 0 Å². The predicted octanol–water partition coefficient (Wildman–Crippen LogP) is 2.71. The van der Waals surface area contributed by atoms with Crippen molar-refractivity contribution < 1.29 is 0 Å². The van der Waals surface area contributed by atoms with Crippen molar-refractivity contribution >= 4 is 28.6 Å². The molecule has 0 aliphatic rings. The highest BCUT2D eigenvalue weighted by molar-refractivity contribution is 7.98. The minimum Gasteiger partial charge on any atom is -0.355 e. The fraction of sp³-hybridized carbons (Fsp3) is 0.214. The molecule has 6 heteroatoms. The molecule has 0 bridgehead atoms. The Labute approximate surface area is 121 Å². The molecule has 0 aliphatic heterocycles. The van der Waals surface area contributed by atoms with Crippen LogP contribution in [0.1, 0.15) is 5.56 Å². The van der Waals surface area contributed by atoms with E-state index in [9.17, 15) is 0 Å². The van der Waals surface area contributed by atoms with Crippen LogP contribution < -0.4 is 4.90 Å². The lowest BCUT2D eigenvalue weighted by atomic mass is 10.2. The molecule has 1 N–H and O–H groups in total. The van der Waals surface area contributed by atoms with Gasteiger partial charge in [-0.15, -0.1) is 11.8 Å². The Balaban J connectivity index is 1.99. The molecule has 2 heterocycles. The molecule has 20 heavy (non-hydrogen) atoms. The Morgan fingerprint density at radius 1 is 1.20 bits per heavy atom. The summed E-state index contributed by atoms with van der Waals surface area (Å²) in [7, 11) is 2.03. The number of fused-ring (bicyclic) bond motifs is 1. The van der Waals surface area contributed by atoms with Gasteiger partial charge in [0.2, 0.25) is 0 Å². The summed E-state index contributed by atoms with van der Waals surface area (Å²) in [5.41, 5.74) is 2.02. The van der Waals surface area contributed by atoms with E-state index in [1.165, 1.54) is 5.56 Å². The van der Waals surface area contributed by atoms with E-state index in [1.54, 1.807) is 18.1 Å². The van der Waals surface area contributed by atoms with Crippen LogP contribution in [0.3, 0.4) is 0 Å². The summed E-state index contributed by atoms with van der Waals surface area (Å²) in [6.45, 7) is 0.798. The van der Waals surface area contributed by atoms with E-state index in [1.807, 2.05) is 31.5 Å². The van der Waals surface area contributed by atoms with Crippen molar-refractivity contribution in [3.8, 4) is 0 Å². The van der Waals surface area contributed by atoms with Crippen molar-refractivity contribution in [2.24, 2.45) is 0 Å². The number of hydrogen-bond donors (Lipinski definition) is 1. The Bertz CT molecular complexity index is 710. The molecule has 5 nitrogen and oxygen atoms in total. The molecule has 0 amide bonds. The molecule has 3 aromatic rings. The van der Waals surface area contributed by atoms with Crippen molar-refractivity contribution in [3.05, 3.63) is 42.2 Å². The lowest BCUT2D eigenvalue weighted by molar-refractivity contribution is 0.899. The maximum absolute atomic E-state index is 4.43. The van der Waals surface area contributed by atoms with Gasteiger partial charge >= 0.3 is 0 Å². The topological polar surface area (TPSA) is 57.7 Å². The normalized spacial score (nSPS) is 10.9. The number of rotatable bonds is 4. The largest absolute Gasteiger partial charge is 0.355 e. The molecule has 1 aromatic carbocycles. The number of nitrogens with zero attached hydrogens (tertiary/aromatic N) is 4. The monoisotopic (exact) mass is 285 g/mol. The molecule has 2 aromatic heterocycles. The van der Waals surface area contributed by atoms with Crippen LogP contribution in [0.2, 0.25) is 0 Å². The number of thioether (sulfide) groups is 1. The Morgan fingerprint density at radius 3 is 2.75 bits per heavy atom. The lowest BCUT2D eigenvalue weighted by Crippen LogP contribution is -2.18. The van der Waals surface area contributed by atoms with Crippen molar-refractivity contribution in [1.29, 1.82) is 0 Å². The van der Waals surface area contributed by atoms with Gasteiger partial charge in [-0.2, -0.15) is 5.10 Å². The molecule has 0 aliphatic carbocycles. The SMILES string of the molecule is CSc1n[nH]c2ncnc(N(C)Cc3ccccc3)c12. The highest BCUT2D eigenvalue weighted by atomic mass is 32.2. The van der Waals surface area contributed by atoms with Crippen LogP contribution in [0.25, 0.3) is 11.0 Å². The Hall–Kier alpha value is -2.08. The highest BCUT2D eigenvalue weighted by Crippen LogP contribution is 2.29. The molecule has 0 spiro atoms. The second kappa shape index (κ2) is 5.50. The van der Waals surface area contributed by atoms with Crippen LogP contribution in [0.4, 0.5) is 5.82 Å². The summed E-state index contributed by atoms with van der Waals surface area (Å²) in [5.74, 6) is 0.900.